The van der Waals surface area contributed by atoms with Gasteiger partial charge in [0.15, 0.2) is 18.3 Å². The molecule has 0 aromatic heterocycles. The average molecular weight is 338 g/mol. The van der Waals surface area contributed by atoms with E-state index in [9.17, 15) is 14.4 Å². The lowest BCUT2D eigenvalue weighted by Gasteiger charge is -2.36. The van der Waals surface area contributed by atoms with Crippen molar-refractivity contribution in [2.45, 2.75) is 39.1 Å². The summed E-state index contributed by atoms with van der Waals surface area (Å²) >= 11 is 0. The van der Waals surface area contributed by atoms with E-state index in [0.717, 1.165) is 0 Å². The lowest BCUT2D eigenvalue weighted by molar-refractivity contribution is -0.206. The fraction of sp³-hybridized carbons (Fsp3) is 0.471. The van der Waals surface area contributed by atoms with Crippen LogP contribution in [0.25, 0.3) is 0 Å². The molecule has 1 aliphatic heterocycles. The van der Waals surface area contributed by atoms with Crippen LogP contribution in [0, 0.1) is 0 Å². The highest BCUT2D eigenvalue weighted by Gasteiger charge is 2.42. The molecule has 1 fully saturated rings. The molecule has 0 radical (unpaired) electrons. The summed E-state index contributed by atoms with van der Waals surface area (Å²) in [4.78, 5) is 35.4. The molecule has 0 saturated carbocycles. The molecule has 0 unspecified atom stereocenters. The Hall–Kier alpha value is -2.41. The number of carbonyl (C=O) groups is 3. The Morgan fingerprint density at radius 1 is 0.750 bits per heavy atom. The maximum atomic E-state index is 11.9. The van der Waals surface area contributed by atoms with Crippen LogP contribution in [0.2, 0.25) is 0 Å². The van der Waals surface area contributed by atoms with Gasteiger partial charge in [-0.2, -0.15) is 0 Å². The summed E-state index contributed by atoms with van der Waals surface area (Å²) in [5, 5.41) is 0. The first-order chi connectivity index (χ1) is 11.1. The van der Waals surface area contributed by atoms with Gasteiger partial charge in [0.1, 0.15) is 0 Å². The van der Waals surface area contributed by atoms with Crippen molar-refractivity contribution in [2.24, 2.45) is 0 Å². The van der Waals surface area contributed by atoms with E-state index in [1.54, 1.807) is 0 Å². The minimum Gasteiger partial charge on any atom is -0.452 e. The third kappa shape index (κ3) is 5.34. The molecule has 0 aromatic carbocycles. The van der Waals surface area contributed by atoms with E-state index in [2.05, 4.69) is 19.7 Å². The number of hydrogen-bond donors (Lipinski definition) is 0. The van der Waals surface area contributed by atoms with Crippen molar-refractivity contribution >= 4 is 17.9 Å². The molecule has 7 nitrogen and oxygen atoms in total. The lowest BCUT2D eigenvalue weighted by Crippen LogP contribution is -2.53. The average Bonchev–Trinajstić information content (AvgIpc) is 2.49. The Balaban J connectivity index is 2.98. The van der Waals surface area contributed by atoms with Crippen LogP contribution in [-0.4, -0.2) is 49.4 Å². The van der Waals surface area contributed by atoms with Crippen molar-refractivity contribution in [3.63, 3.8) is 0 Å². The number of carbonyl (C=O) groups excluding carboxylic acids is 3. The summed E-state index contributed by atoms with van der Waals surface area (Å²) in [6.45, 7) is 14.9. The quantitative estimate of drug-likeness (QED) is 0.412. The molecule has 1 aliphatic rings. The van der Waals surface area contributed by atoms with Crippen LogP contribution in [-0.2, 0) is 33.3 Å². The van der Waals surface area contributed by atoms with E-state index in [-0.39, 0.29) is 29.9 Å². The fourth-order valence-corrected chi connectivity index (χ4v) is 1.78. The molecule has 1 heterocycles. The first-order valence-corrected chi connectivity index (χ1v) is 7.30. The fourth-order valence-electron chi connectivity index (χ4n) is 1.78. The molecule has 132 valence electrons. The second-order valence-corrected chi connectivity index (χ2v) is 5.64. The molecule has 1 saturated heterocycles. The highest BCUT2D eigenvalue weighted by molar-refractivity contribution is 5.88. The minimum absolute atomic E-state index is 0.00568. The molecular formula is C17H22O7. The normalized spacial score (nSPS) is 20.6. The topological polar surface area (TPSA) is 88.1 Å². The van der Waals surface area contributed by atoms with E-state index < -0.39 is 36.2 Å². The smallest absolute Gasteiger partial charge is 0.333 e. The summed E-state index contributed by atoms with van der Waals surface area (Å²) in [5.74, 6) is -2.01. The molecule has 24 heavy (non-hydrogen) atoms. The summed E-state index contributed by atoms with van der Waals surface area (Å²) in [6, 6.07) is 0. The van der Waals surface area contributed by atoms with E-state index in [1.165, 1.54) is 20.8 Å². The number of esters is 3. The molecular weight excluding hydrogens is 316 g/mol. The van der Waals surface area contributed by atoms with Crippen LogP contribution in [0.1, 0.15) is 20.8 Å². The third-order valence-electron chi connectivity index (χ3n) is 3.10. The van der Waals surface area contributed by atoms with Crippen LogP contribution in [0.15, 0.2) is 36.5 Å². The van der Waals surface area contributed by atoms with E-state index in [1.807, 2.05) is 0 Å². The molecule has 1 rings (SSSR count). The molecule has 0 aromatic rings. The van der Waals surface area contributed by atoms with E-state index >= 15 is 0 Å². The summed E-state index contributed by atoms with van der Waals surface area (Å²) < 4.78 is 21.1. The van der Waals surface area contributed by atoms with Gasteiger partial charge in [-0.1, -0.05) is 19.7 Å². The van der Waals surface area contributed by atoms with Gasteiger partial charge < -0.3 is 18.9 Å². The van der Waals surface area contributed by atoms with E-state index in [4.69, 9.17) is 18.9 Å². The Bertz CT molecular complexity index is 539. The standard InChI is InChI=1S/C17H22O7/c1-9(2)15(18)22-12-7-21-8-13(23-16(19)10(3)4)14(12)24-17(20)11(5)6/h12-14H,1,3,5,7-8H2,2,4,6H3/t12-,13-/m1/s1. The van der Waals surface area contributed by atoms with Crippen LogP contribution in [0.3, 0.4) is 0 Å². The Morgan fingerprint density at radius 3 is 1.42 bits per heavy atom. The van der Waals surface area contributed by atoms with Gasteiger partial charge in [0.25, 0.3) is 0 Å². The van der Waals surface area contributed by atoms with Crippen molar-refractivity contribution in [2.75, 3.05) is 13.2 Å². The Morgan fingerprint density at radius 2 is 1.08 bits per heavy atom. The Labute approximate surface area is 140 Å². The van der Waals surface area contributed by atoms with Crippen molar-refractivity contribution in [3.8, 4) is 0 Å². The largest absolute Gasteiger partial charge is 0.452 e. The van der Waals surface area contributed by atoms with E-state index in [0.29, 0.717) is 0 Å². The molecule has 0 amide bonds. The monoisotopic (exact) mass is 338 g/mol. The van der Waals surface area contributed by atoms with Gasteiger partial charge in [-0.05, 0) is 20.8 Å². The van der Waals surface area contributed by atoms with Gasteiger partial charge >= 0.3 is 17.9 Å². The highest BCUT2D eigenvalue weighted by Crippen LogP contribution is 2.21. The maximum absolute atomic E-state index is 11.9. The second-order valence-electron chi connectivity index (χ2n) is 5.64. The van der Waals surface area contributed by atoms with Gasteiger partial charge in [0.05, 0.1) is 13.2 Å². The van der Waals surface area contributed by atoms with Gasteiger partial charge in [0.2, 0.25) is 0 Å². The molecule has 7 heteroatoms. The second kappa shape index (κ2) is 8.44. The van der Waals surface area contributed by atoms with Gasteiger partial charge in [-0.25, -0.2) is 14.4 Å². The highest BCUT2D eigenvalue weighted by atomic mass is 16.6. The van der Waals surface area contributed by atoms with Crippen molar-refractivity contribution in [3.05, 3.63) is 36.5 Å². The predicted molar refractivity (Wildman–Crippen MR) is 84.9 cm³/mol. The minimum atomic E-state index is -1.02. The van der Waals surface area contributed by atoms with Crippen LogP contribution < -0.4 is 0 Å². The van der Waals surface area contributed by atoms with Crippen molar-refractivity contribution < 1.29 is 33.3 Å². The first kappa shape index (κ1) is 19.6. The van der Waals surface area contributed by atoms with Gasteiger partial charge in [0, 0.05) is 16.7 Å². The summed E-state index contributed by atoms with van der Waals surface area (Å²) in [6.07, 6.45) is -2.89. The van der Waals surface area contributed by atoms with Crippen molar-refractivity contribution in [1.29, 1.82) is 0 Å². The van der Waals surface area contributed by atoms with Gasteiger partial charge in [-0.3, -0.25) is 0 Å². The van der Waals surface area contributed by atoms with Crippen LogP contribution in [0.4, 0.5) is 0 Å². The number of rotatable bonds is 6. The summed E-state index contributed by atoms with van der Waals surface area (Å²) in [7, 11) is 0. The van der Waals surface area contributed by atoms with Crippen molar-refractivity contribution in [1.82, 2.24) is 0 Å². The number of ether oxygens (including phenoxy) is 4. The third-order valence-corrected chi connectivity index (χ3v) is 3.10. The van der Waals surface area contributed by atoms with Gasteiger partial charge in [-0.15, -0.1) is 0 Å². The number of hydrogen-bond acceptors (Lipinski definition) is 7. The molecule has 0 spiro atoms. The molecule has 2 atom stereocenters. The molecule has 0 bridgehead atoms. The van der Waals surface area contributed by atoms with Crippen LogP contribution in [0.5, 0.6) is 0 Å². The maximum Gasteiger partial charge on any atom is 0.333 e. The summed E-state index contributed by atoms with van der Waals surface area (Å²) in [5.41, 5.74) is 0.526. The zero-order valence-corrected chi connectivity index (χ0v) is 14.1. The molecule has 0 aliphatic carbocycles. The Kier molecular flexibility index (Phi) is 6.91. The SMILES string of the molecule is C=C(C)C(=O)OC1[C@H](OC(=O)C(=C)C)COC[C@H]1OC(=O)C(=C)C. The molecule has 0 N–H and O–H groups in total. The zero-order chi connectivity index (χ0) is 18.4. The first-order valence-electron chi connectivity index (χ1n) is 7.30. The van der Waals surface area contributed by atoms with Crippen LogP contribution >= 0.6 is 0 Å². The zero-order valence-electron chi connectivity index (χ0n) is 14.1. The lowest BCUT2D eigenvalue weighted by atomic mass is 10.1. The predicted octanol–water partition coefficient (Wildman–Crippen LogP) is 1.48.